The molecular weight excluding hydrogens is 160 g/mol. The molecule has 0 atom stereocenters. The van der Waals surface area contributed by atoms with Crippen LogP contribution in [-0.4, -0.2) is 0 Å². The van der Waals surface area contributed by atoms with Gasteiger partial charge in [0.1, 0.15) is 5.75 Å². The highest BCUT2D eigenvalue weighted by Crippen LogP contribution is 2.19. The fourth-order valence-corrected chi connectivity index (χ4v) is 1.11. The van der Waals surface area contributed by atoms with Crippen molar-refractivity contribution in [3.05, 3.63) is 41.2 Å². The predicted molar refractivity (Wildman–Crippen MR) is 56.0 cm³/mol. The van der Waals surface area contributed by atoms with Crippen molar-refractivity contribution in [1.82, 2.24) is 0 Å². The van der Waals surface area contributed by atoms with Gasteiger partial charge in [0, 0.05) is 0 Å². The van der Waals surface area contributed by atoms with Crippen LogP contribution in [0, 0.1) is 13.8 Å². The van der Waals surface area contributed by atoms with Gasteiger partial charge in [0.15, 0.2) is 0 Å². The monoisotopic (exact) mass is 176 g/mol. The lowest BCUT2D eigenvalue weighted by Crippen LogP contribution is -1.87. The summed E-state index contributed by atoms with van der Waals surface area (Å²) in [7, 11) is 0. The molecule has 1 aromatic carbocycles. The lowest BCUT2D eigenvalue weighted by Gasteiger charge is -2.05. The van der Waals surface area contributed by atoms with Gasteiger partial charge < -0.3 is 4.74 Å². The van der Waals surface area contributed by atoms with Gasteiger partial charge >= 0.3 is 0 Å². The Bertz CT molecular complexity index is 320. The van der Waals surface area contributed by atoms with Gasteiger partial charge in [0.2, 0.25) is 0 Å². The molecule has 0 amide bonds. The number of ether oxygens (including phenoxy) is 1. The average molecular weight is 176 g/mol. The van der Waals surface area contributed by atoms with Crippen molar-refractivity contribution < 1.29 is 4.74 Å². The molecule has 0 unspecified atom stereocenters. The van der Waals surface area contributed by atoms with Crippen LogP contribution in [0.15, 0.2) is 30.0 Å². The summed E-state index contributed by atoms with van der Waals surface area (Å²) in [4.78, 5) is 0. The maximum atomic E-state index is 5.49. The second-order valence-electron chi connectivity index (χ2n) is 3.58. The SMILES string of the molecule is CC(C)=COc1ccc(C)cc1C. The first-order valence-electron chi connectivity index (χ1n) is 4.47. The highest BCUT2D eigenvalue weighted by atomic mass is 16.5. The van der Waals surface area contributed by atoms with E-state index in [1.165, 1.54) is 16.7 Å². The van der Waals surface area contributed by atoms with Crippen molar-refractivity contribution in [2.75, 3.05) is 0 Å². The zero-order valence-electron chi connectivity index (χ0n) is 8.72. The highest BCUT2D eigenvalue weighted by molar-refractivity contribution is 5.36. The Morgan fingerprint density at radius 1 is 1.23 bits per heavy atom. The van der Waals surface area contributed by atoms with Crippen molar-refractivity contribution >= 4 is 0 Å². The maximum absolute atomic E-state index is 5.49. The number of aryl methyl sites for hydroxylation is 2. The van der Waals surface area contributed by atoms with Crippen LogP contribution in [0.2, 0.25) is 0 Å². The van der Waals surface area contributed by atoms with E-state index in [2.05, 4.69) is 26.0 Å². The largest absolute Gasteiger partial charge is 0.465 e. The Morgan fingerprint density at radius 2 is 1.92 bits per heavy atom. The summed E-state index contributed by atoms with van der Waals surface area (Å²) in [6.07, 6.45) is 1.78. The van der Waals surface area contributed by atoms with Crippen LogP contribution in [0.4, 0.5) is 0 Å². The average Bonchev–Trinajstić information content (AvgIpc) is 2.02. The molecule has 1 rings (SSSR count). The predicted octanol–water partition coefficient (Wildman–Crippen LogP) is 3.61. The second kappa shape index (κ2) is 4.13. The van der Waals surface area contributed by atoms with Crippen LogP contribution >= 0.6 is 0 Å². The molecule has 0 bridgehead atoms. The first-order valence-corrected chi connectivity index (χ1v) is 4.47. The molecule has 0 saturated carbocycles. The molecule has 0 aliphatic rings. The van der Waals surface area contributed by atoms with E-state index in [0.29, 0.717) is 0 Å². The molecule has 0 N–H and O–H groups in total. The van der Waals surface area contributed by atoms with E-state index in [1.54, 1.807) is 6.26 Å². The number of allylic oxidation sites excluding steroid dienone is 1. The molecule has 0 radical (unpaired) electrons. The van der Waals surface area contributed by atoms with Crippen LogP contribution in [0.25, 0.3) is 0 Å². The molecule has 0 saturated heterocycles. The topological polar surface area (TPSA) is 9.23 Å². The molecule has 0 aliphatic carbocycles. The van der Waals surface area contributed by atoms with Gasteiger partial charge in [-0.25, -0.2) is 0 Å². The van der Waals surface area contributed by atoms with Crippen LogP contribution < -0.4 is 4.74 Å². The van der Waals surface area contributed by atoms with Gasteiger partial charge in [-0.1, -0.05) is 17.7 Å². The zero-order valence-corrected chi connectivity index (χ0v) is 8.72. The number of rotatable bonds is 2. The molecule has 70 valence electrons. The fraction of sp³-hybridized carbons (Fsp3) is 0.333. The van der Waals surface area contributed by atoms with Crippen LogP contribution in [-0.2, 0) is 0 Å². The third-order valence-electron chi connectivity index (χ3n) is 1.75. The molecule has 0 heterocycles. The third kappa shape index (κ3) is 2.94. The van der Waals surface area contributed by atoms with Crippen LogP contribution in [0.1, 0.15) is 25.0 Å². The number of hydrogen-bond acceptors (Lipinski definition) is 1. The van der Waals surface area contributed by atoms with E-state index in [1.807, 2.05) is 19.9 Å². The van der Waals surface area contributed by atoms with E-state index >= 15 is 0 Å². The minimum absolute atomic E-state index is 0.937. The molecule has 0 fully saturated rings. The molecule has 0 aromatic heterocycles. The van der Waals surface area contributed by atoms with Gasteiger partial charge in [-0.3, -0.25) is 0 Å². The fourth-order valence-electron chi connectivity index (χ4n) is 1.11. The van der Waals surface area contributed by atoms with Gasteiger partial charge in [-0.15, -0.1) is 0 Å². The number of hydrogen-bond donors (Lipinski definition) is 0. The summed E-state index contributed by atoms with van der Waals surface area (Å²) < 4.78 is 5.49. The lowest BCUT2D eigenvalue weighted by atomic mass is 10.1. The Balaban J connectivity index is 2.84. The van der Waals surface area contributed by atoms with E-state index < -0.39 is 0 Å². The van der Waals surface area contributed by atoms with Crippen molar-refractivity contribution in [3.8, 4) is 5.75 Å². The summed E-state index contributed by atoms with van der Waals surface area (Å²) in [5.74, 6) is 0.937. The minimum Gasteiger partial charge on any atom is -0.465 e. The van der Waals surface area contributed by atoms with E-state index in [0.717, 1.165) is 5.75 Å². The van der Waals surface area contributed by atoms with Gasteiger partial charge in [-0.2, -0.15) is 0 Å². The first-order chi connectivity index (χ1) is 6.09. The molecule has 0 spiro atoms. The van der Waals surface area contributed by atoms with Gasteiger partial charge in [-0.05, 0) is 44.9 Å². The molecule has 0 aliphatic heterocycles. The lowest BCUT2D eigenvalue weighted by molar-refractivity contribution is 0.472. The highest BCUT2D eigenvalue weighted by Gasteiger charge is 1.96. The summed E-state index contributed by atoms with van der Waals surface area (Å²) >= 11 is 0. The summed E-state index contributed by atoms with van der Waals surface area (Å²) in [5, 5.41) is 0. The molecule has 13 heavy (non-hydrogen) atoms. The maximum Gasteiger partial charge on any atom is 0.129 e. The van der Waals surface area contributed by atoms with E-state index in [4.69, 9.17) is 4.74 Å². The summed E-state index contributed by atoms with van der Waals surface area (Å²) in [5.41, 5.74) is 3.61. The minimum atomic E-state index is 0.937. The summed E-state index contributed by atoms with van der Waals surface area (Å²) in [6.45, 7) is 8.17. The summed E-state index contributed by atoms with van der Waals surface area (Å²) in [6, 6.07) is 6.18. The Hall–Kier alpha value is -1.24. The standard InChI is InChI=1S/C12H16O/c1-9(2)8-13-12-6-5-10(3)7-11(12)4/h5-8H,1-4H3. The first kappa shape index (κ1) is 9.85. The van der Waals surface area contributed by atoms with E-state index in [-0.39, 0.29) is 0 Å². The van der Waals surface area contributed by atoms with E-state index in [9.17, 15) is 0 Å². The Morgan fingerprint density at radius 3 is 2.46 bits per heavy atom. The molecule has 1 nitrogen and oxygen atoms in total. The van der Waals surface area contributed by atoms with Crippen molar-refractivity contribution in [2.45, 2.75) is 27.7 Å². The number of benzene rings is 1. The second-order valence-corrected chi connectivity index (χ2v) is 3.58. The Kier molecular flexibility index (Phi) is 3.13. The molecule has 1 heteroatoms. The van der Waals surface area contributed by atoms with Crippen LogP contribution in [0.3, 0.4) is 0 Å². The quantitative estimate of drug-likeness (QED) is 0.625. The molecular formula is C12H16O. The molecule has 1 aromatic rings. The normalized spacial score (nSPS) is 9.54. The third-order valence-corrected chi connectivity index (χ3v) is 1.75. The van der Waals surface area contributed by atoms with Gasteiger partial charge in [0.25, 0.3) is 0 Å². The van der Waals surface area contributed by atoms with Gasteiger partial charge in [0.05, 0.1) is 6.26 Å². The van der Waals surface area contributed by atoms with Crippen LogP contribution in [0.5, 0.6) is 5.75 Å². The van der Waals surface area contributed by atoms with Crippen molar-refractivity contribution in [1.29, 1.82) is 0 Å². The zero-order chi connectivity index (χ0) is 9.84. The smallest absolute Gasteiger partial charge is 0.129 e. The van der Waals surface area contributed by atoms with Crippen molar-refractivity contribution in [2.24, 2.45) is 0 Å². The van der Waals surface area contributed by atoms with Crippen molar-refractivity contribution in [3.63, 3.8) is 0 Å². The Labute approximate surface area is 80.0 Å².